The molecule has 0 aliphatic rings. The maximum absolute atomic E-state index is 13.5. The standard InChI is InChI=1S/C12H17FO/c1-5-11(12(3,4)13)8-6-7-10(2)9-14/h5-7,9H,2,8H2,1,3-4H3/b7-6-,11-5+. The average Bonchev–Trinajstić information content (AvgIpc) is 2.09. The zero-order valence-electron chi connectivity index (χ0n) is 9.01. The Morgan fingerprint density at radius 1 is 1.50 bits per heavy atom. The van der Waals surface area contributed by atoms with Gasteiger partial charge in [0.25, 0.3) is 0 Å². The van der Waals surface area contributed by atoms with E-state index in [4.69, 9.17) is 0 Å². The third kappa shape index (κ3) is 4.75. The molecule has 0 rings (SSSR count). The summed E-state index contributed by atoms with van der Waals surface area (Å²) in [5.41, 5.74) is -0.203. The lowest BCUT2D eigenvalue weighted by atomic mass is 9.96. The molecule has 0 saturated heterocycles. The first kappa shape index (κ1) is 12.8. The van der Waals surface area contributed by atoms with Gasteiger partial charge in [-0.1, -0.05) is 24.8 Å². The van der Waals surface area contributed by atoms with Gasteiger partial charge >= 0.3 is 0 Å². The smallest absolute Gasteiger partial charge is 0.149 e. The van der Waals surface area contributed by atoms with Crippen molar-refractivity contribution in [1.82, 2.24) is 0 Å². The van der Waals surface area contributed by atoms with Crippen LogP contribution in [-0.4, -0.2) is 12.0 Å². The van der Waals surface area contributed by atoms with E-state index < -0.39 is 5.67 Å². The minimum Gasteiger partial charge on any atom is -0.298 e. The fraction of sp³-hybridized carbons (Fsp3) is 0.417. The lowest BCUT2D eigenvalue weighted by Crippen LogP contribution is -2.14. The Labute approximate surface area is 85.0 Å². The summed E-state index contributed by atoms with van der Waals surface area (Å²) >= 11 is 0. The fourth-order valence-corrected chi connectivity index (χ4v) is 1.08. The Morgan fingerprint density at radius 2 is 2.07 bits per heavy atom. The summed E-state index contributed by atoms with van der Waals surface area (Å²) in [5, 5.41) is 0. The first-order valence-corrected chi connectivity index (χ1v) is 4.57. The third-order valence-electron chi connectivity index (χ3n) is 1.93. The monoisotopic (exact) mass is 196 g/mol. The second-order valence-electron chi connectivity index (χ2n) is 3.59. The van der Waals surface area contributed by atoms with Crippen molar-refractivity contribution in [3.8, 4) is 0 Å². The van der Waals surface area contributed by atoms with Crippen LogP contribution in [0.25, 0.3) is 0 Å². The van der Waals surface area contributed by atoms with Crippen LogP contribution in [0.5, 0.6) is 0 Å². The number of carbonyl (C=O) groups excluding carboxylic acids is 1. The Hall–Kier alpha value is -1.18. The minimum atomic E-state index is -1.30. The maximum Gasteiger partial charge on any atom is 0.149 e. The lowest BCUT2D eigenvalue weighted by molar-refractivity contribution is -0.104. The van der Waals surface area contributed by atoms with Gasteiger partial charge in [-0.2, -0.15) is 0 Å². The molecule has 0 aromatic rings. The molecule has 0 fully saturated rings. The molecular formula is C12H17FO. The second-order valence-corrected chi connectivity index (χ2v) is 3.59. The normalized spacial score (nSPS) is 13.3. The number of rotatable bonds is 5. The van der Waals surface area contributed by atoms with Gasteiger partial charge in [-0.25, -0.2) is 4.39 Å². The molecule has 0 aliphatic heterocycles. The molecule has 14 heavy (non-hydrogen) atoms. The summed E-state index contributed by atoms with van der Waals surface area (Å²) in [4.78, 5) is 10.2. The predicted octanol–water partition coefficient (Wildman–Crippen LogP) is 3.38. The van der Waals surface area contributed by atoms with Crippen molar-refractivity contribution >= 4 is 6.29 Å². The van der Waals surface area contributed by atoms with E-state index in [-0.39, 0.29) is 0 Å². The number of hydrogen-bond donors (Lipinski definition) is 0. The van der Waals surface area contributed by atoms with E-state index in [1.807, 2.05) is 0 Å². The fourth-order valence-electron chi connectivity index (χ4n) is 1.08. The molecule has 1 nitrogen and oxygen atoms in total. The van der Waals surface area contributed by atoms with E-state index in [2.05, 4.69) is 6.58 Å². The summed E-state index contributed by atoms with van der Waals surface area (Å²) < 4.78 is 13.5. The highest BCUT2D eigenvalue weighted by molar-refractivity contribution is 5.76. The molecule has 0 unspecified atom stereocenters. The van der Waals surface area contributed by atoms with Crippen molar-refractivity contribution in [3.63, 3.8) is 0 Å². The van der Waals surface area contributed by atoms with Crippen LogP contribution in [0.2, 0.25) is 0 Å². The summed E-state index contributed by atoms with van der Waals surface area (Å²) in [6, 6.07) is 0. The number of allylic oxidation sites excluding steroid dienone is 5. The summed E-state index contributed by atoms with van der Waals surface area (Å²) in [6.07, 6.45) is 6.28. The molecule has 0 aromatic carbocycles. The van der Waals surface area contributed by atoms with Crippen molar-refractivity contribution < 1.29 is 9.18 Å². The van der Waals surface area contributed by atoms with E-state index in [0.29, 0.717) is 23.9 Å². The largest absolute Gasteiger partial charge is 0.298 e. The number of hydrogen-bond acceptors (Lipinski definition) is 1. The molecule has 0 amide bonds. The number of halogens is 1. The van der Waals surface area contributed by atoms with Gasteiger partial charge in [-0.05, 0) is 32.8 Å². The van der Waals surface area contributed by atoms with E-state index in [9.17, 15) is 9.18 Å². The Balaban J connectivity index is 4.32. The molecule has 0 heterocycles. The Morgan fingerprint density at radius 3 is 2.43 bits per heavy atom. The zero-order valence-corrected chi connectivity index (χ0v) is 9.01. The van der Waals surface area contributed by atoms with Crippen LogP contribution < -0.4 is 0 Å². The molecule has 0 saturated carbocycles. The van der Waals surface area contributed by atoms with Crippen LogP contribution in [0.4, 0.5) is 4.39 Å². The van der Waals surface area contributed by atoms with Crippen molar-refractivity contribution in [3.05, 3.63) is 36.0 Å². The van der Waals surface area contributed by atoms with E-state index in [1.54, 1.807) is 25.2 Å². The zero-order chi connectivity index (χ0) is 11.2. The van der Waals surface area contributed by atoms with Gasteiger partial charge in [-0.3, -0.25) is 4.79 Å². The molecule has 0 N–H and O–H groups in total. The van der Waals surface area contributed by atoms with Crippen LogP contribution in [0.1, 0.15) is 27.2 Å². The summed E-state index contributed by atoms with van der Waals surface area (Å²) in [5.74, 6) is 0. The maximum atomic E-state index is 13.5. The highest BCUT2D eigenvalue weighted by Crippen LogP contribution is 2.23. The van der Waals surface area contributed by atoms with Crippen LogP contribution in [-0.2, 0) is 4.79 Å². The van der Waals surface area contributed by atoms with Gasteiger partial charge in [-0.15, -0.1) is 0 Å². The first-order valence-electron chi connectivity index (χ1n) is 4.57. The Bertz CT molecular complexity index is 267. The van der Waals surface area contributed by atoms with E-state index in [0.717, 1.165) is 0 Å². The topological polar surface area (TPSA) is 17.1 Å². The van der Waals surface area contributed by atoms with Crippen molar-refractivity contribution in [1.29, 1.82) is 0 Å². The van der Waals surface area contributed by atoms with Crippen molar-refractivity contribution in [2.24, 2.45) is 0 Å². The first-order chi connectivity index (χ1) is 6.41. The summed E-state index contributed by atoms with van der Waals surface area (Å²) in [6.45, 7) is 8.33. The highest BCUT2D eigenvalue weighted by atomic mass is 19.1. The predicted molar refractivity (Wildman–Crippen MR) is 57.9 cm³/mol. The van der Waals surface area contributed by atoms with Crippen molar-refractivity contribution in [2.45, 2.75) is 32.9 Å². The number of aldehydes is 1. The van der Waals surface area contributed by atoms with Crippen LogP contribution in [0.3, 0.4) is 0 Å². The average molecular weight is 196 g/mol. The van der Waals surface area contributed by atoms with Crippen molar-refractivity contribution in [2.75, 3.05) is 0 Å². The van der Waals surface area contributed by atoms with Gasteiger partial charge in [0.2, 0.25) is 0 Å². The SMILES string of the molecule is C=C(C=O)/C=C\C/C(=C\C)C(C)(C)F. The Kier molecular flexibility index (Phi) is 5.06. The molecule has 2 heteroatoms. The van der Waals surface area contributed by atoms with Crippen LogP contribution in [0.15, 0.2) is 36.0 Å². The molecular weight excluding hydrogens is 179 g/mol. The molecule has 0 radical (unpaired) electrons. The minimum absolute atomic E-state index is 0.400. The number of carbonyl (C=O) groups is 1. The molecule has 78 valence electrons. The van der Waals surface area contributed by atoms with Gasteiger partial charge in [0, 0.05) is 5.57 Å². The third-order valence-corrected chi connectivity index (χ3v) is 1.93. The molecule has 0 aliphatic carbocycles. The number of alkyl halides is 1. The van der Waals surface area contributed by atoms with Gasteiger partial charge < -0.3 is 0 Å². The molecule has 0 atom stereocenters. The van der Waals surface area contributed by atoms with Crippen LogP contribution in [0, 0.1) is 0 Å². The van der Waals surface area contributed by atoms with E-state index in [1.165, 1.54) is 13.8 Å². The lowest BCUT2D eigenvalue weighted by Gasteiger charge is -2.17. The van der Waals surface area contributed by atoms with Gasteiger partial charge in [0.1, 0.15) is 12.0 Å². The van der Waals surface area contributed by atoms with Gasteiger partial charge in [0.05, 0.1) is 0 Å². The second kappa shape index (κ2) is 5.53. The van der Waals surface area contributed by atoms with E-state index >= 15 is 0 Å². The molecule has 0 bridgehead atoms. The molecule has 0 aromatic heterocycles. The summed E-state index contributed by atoms with van der Waals surface area (Å²) in [7, 11) is 0. The quantitative estimate of drug-likeness (QED) is 0.285. The van der Waals surface area contributed by atoms with Crippen LogP contribution >= 0.6 is 0 Å². The highest BCUT2D eigenvalue weighted by Gasteiger charge is 2.19. The van der Waals surface area contributed by atoms with Gasteiger partial charge in [0.15, 0.2) is 0 Å². The molecule has 0 spiro atoms.